The van der Waals surface area contributed by atoms with E-state index in [1.807, 2.05) is 0 Å². The molecule has 2 fully saturated rings. The quantitative estimate of drug-likeness (QED) is 0.816. The average Bonchev–Trinajstić information content (AvgIpc) is 2.98. The zero-order chi connectivity index (χ0) is 17.2. The number of carboxylic acids is 1. The minimum absolute atomic E-state index is 0.181. The average molecular weight is 340 g/mol. The van der Waals surface area contributed by atoms with Gasteiger partial charge in [0.15, 0.2) is 0 Å². The number of likely N-dealkylation sites (tertiary alicyclic amines) is 1. The molecule has 2 atom stereocenters. The number of ether oxygens (including phenoxy) is 1. The predicted molar refractivity (Wildman–Crippen MR) is 97.2 cm³/mol. The van der Waals surface area contributed by atoms with Crippen LogP contribution in [0.2, 0.25) is 0 Å². The van der Waals surface area contributed by atoms with E-state index < -0.39 is 5.97 Å². The van der Waals surface area contributed by atoms with Crippen molar-refractivity contribution in [2.45, 2.75) is 70.6 Å². The highest BCUT2D eigenvalue weighted by Gasteiger charge is 2.41. The van der Waals surface area contributed by atoms with Crippen molar-refractivity contribution in [3.05, 3.63) is 0 Å². The number of hydrogen-bond donors (Lipinski definition) is 1. The molecule has 2 unspecified atom stereocenters. The van der Waals surface area contributed by atoms with Gasteiger partial charge in [-0.25, -0.2) is 0 Å². The van der Waals surface area contributed by atoms with Crippen molar-refractivity contribution in [2.75, 3.05) is 33.4 Å². The first-order chi connectivity index (χ1) is 11.7. The van der Waals surface area contributed by atoms with Crippen molar-refractivity contribution in [2.24, 2.45) is 17.8 Å². The Morgan fingerprint density at radius 2 is 1.50 bits per heavy atom. The largest absolute Gasteiger partial charge is 0.481 e. The van der Waals surface area contributed by atoms with Crippen molar-refractivity contribution in [1.29, 1.82) is 0 Å². The third-order valence-corrected chi connectivity index (χ3v) is 6.12. The van der Waals surface area contributed by atoms with E-state index in [0.717, 1.165) is 13.1 Å². The van der Waals surface area contributed by atoms with Crippen LogP contribution in [0, 0.1) is 17.8 Å². The summed E-state index contributed by atoms with van der Waals surface area (Å²) in [7, 11) is 1.72. The van der Waals surface area contributed by atoms with Crippen molar-refractivity contribution < 1.29 is 14.6 Å². The van der Waals surface area contributed by atoms with E-state index in [0.29, 0.717) is 25.0 Å². The van der Waals surface area contributed by atoms with Crippen LogP contribution >= 0.6 is 0 Å². The molecule has 24 heavy (non-hydrogen) atoms. The first kappa shape index (κ1) is 19.7. The molecule has 1 aliphatic heterocycles. The van der Waals surface area contributed by atoms with Gasteiger partial charge in [0.05, 0.1) is 12.5 Å². The fraction of sp³-hybridized carbons (Fsp3) is 0.950. The van der Waals surface area contributed by atoms with Crippen molar-refractivity contribution in [1.82, 2.24) is 4.90 Å². The summed E-state index contributed by atoms with van der Waals surface area (Å²) >= 11 is 0. The molecular weight excluding hydrogens is 302 g/mol. The topological polar surface area (TPSA) is 49.8 Å². The first-order valence-corrected chi connectivity index (χ1v) is 10.2. The number of aliphatic carboxylic acids is 1. The summed E-state index contributed by atoms with van der Waals surface area (Å²) < 4.78 is 5.18. The number of nitrogens with zero attached hydrogens (tertiary/aromatic N) is 1. The van der Waals surface area contributed by atoms with Gasteiger partial charge in [-0.2, -0.15) is 0 Å². The Kier molecular flexibility index (Phi) is 9.11. The molecular formula is C20H37NO3. The number of carbonyl (C=O) groups is 1. The smallest absolute Gasteiger partial charge is 0.308 e. The van der Waals surface area contributed by atoms with Gasteiger partial charge in [0.2, 0.25) is 0 Å². The summed E-state index contributed by atoms with van der Waals surface area (Å²) in [6, 6.07) is 0. The lowest BCUT2D eigenvalue weighted by molar-refractivity contribution is -0.143. The molecule has 1 aliphatic carbocycles. The van der Waals surface area contributed by atoms with E-state index in [9.17, 15) is 9.90 Å². The lowest BCUT2D eigenvalue weighted by Gasteiger charge is -2.27. The van der Waals surface area contributed by atoms with E-state index >= 15 is 0 Å². The van der Waals surface area contributed by atoms with Crippen molar-refractivity contribution >= 4 is 5.97 Å². The van der Waals surface area contributed by atoms with Gasteiger partial charge in [-0.05, 0) is 11.8 Å². The first-order valence-electron chi connectivity index (χ1n) is 10.2. The molecule has 0 aromatic carbocycles. The molecule has 140 valence electrons. The standard InChI is InChI=1S/C20H37NO3/c1-24-14-13-21-15-18(19(16-21)20(22)23)17-11-9-7-5-3-2-4-6-8-10-12-17/h17-19H,2-16H2,1H3,(H,22,23). The Morgan fingerprint density at radius 3 is 2.00 bits per heavy atom. The molecule has 4 heteroatoms. The molecule has 1 saturated heterocycles. The molecule has 0 radical (unpaired) electrons. The Labute approximate surface area is 147 Å². The second-order valence-electron chi connectivity index (χ2n) is 7.88. The minimum atomic E-state index is -0.592. The fourth-order valence-electron chi connectivity index (χ4n) is 4.68. The second kappa shape index (κ2) is 11.1. The molecule has 1 saturated carbocycles. The van der Waals surface area contributed by atoms with Crippen LogP contribution in [0.3, 0.4) is 0 Å². The molecule has 0 bridgehead atoms. The maximum Gasteiger partial charge on any atom is 0.308 e. The van der Waals surface area contributed by atoms with Gasteiger partial charge in [0, 0.05) is 26.7 Å². The normalized spacial score (nSPS) is 29.0. The molecule has 0 aromatic rings. The van der Waals surface area contributed by atoms with Gasteiger partial charge < -0.3 is 9.84 Å². The van der Waals surface area contributed by atoms with Crippen molar-refractivity contribution in [3.63, 3.8) is 0 Å². The van der Waals surface area contributed by atoms with Crippen LogP contribution in [0.1, 0.15) is 70.6 Å². The van der Waals surface area contributed by atoms with Crippen molar-refractivity contribution in [3.8, 4) is 0 Å². The summed E-state index contributed by atoms with van der Waals surface area (Å²) in [5.74, 6) is 0.158. The third kappa shape index (κ3) is 6.36. The van der Waals surface area contributed by atoms with E-state index in [4.69, 9.17) is 4.74 Å². The summed E-state index contributed by atoms with van der Waals surface area (Å²) in [5.41, 5.74) is 0. The van der Waals surface area contributed by atoms with Crippen LogP contribution in [0.4, 0.5) is 0 Å². The summed E-state index contributed by atoms with van der Waals surface area (Å²) in [5, 5.41) is 9.71. The van der Waals surface area contributed by atoms with Crippen LogP contribution < -0.4 is 0 Å². The molecule has 4 nitrogen and oxygen atoms in total. The number of carboxylic acid groups (broad SMARTS) is 1. The molecule has 1 N–H and O–H groups in total. The van der Waals surface area contributed by atoms with Crippen LogP contribution in [0.25, 0.3) is 0 Å². The maximum atomic E-state index is 11.8. The molecule has 1 heterocycles. The van der Waals surface area contributed by atoms with Gasteiger partial charge in [0.1, 0.15) is 0 Å². The van der Waals surface area contributed by atoms with E-state index in [1.54, 1.807) is 7.11 Å². The van der Waals surface area contributed by atoms with Gasteiger partial charge in [0.25, 0.3) is 0 Å². The Morgan fingerprint density at radius 1 is 0.958 bits per heavy atom. The zero-order valence-corrected chi connectivity index (χ0v) is 15.5. The highest BCUT2D eigenvalue weighted by atomic mass is 16.5. The maximum absolute atomic E-state index is 11.8. The van der Waals surface area contributed by atoms with E-state index in [-0.39, 0.29) is 5.92 Å². The fourth-order valence-corrected chi connectivity index (χ4v) is 4.68. The number of methoxy groups -OCH3 is 1. The SMILES string of the molecule is COCCN1CC(C(=O)O)C(C2CCCCCCCCCCC2)C1. The van der Waals surface area contributed by atoms with Crippen LogP contribution in [0.15, 0.2) is 0 Å². The Balaban J connectivity index is 1.95. The Bertz CT molecular complexity index is 349. The van der Waals surface area contributed by atoms with Gasteiger partial charge in [-0.1, -0.05) is 70.6 Å². The number of hydrogen-bond acceptors (Lipinski definition) is 3. The lowest BCUT2D eigenvalue weighted by Crippen LogP contribution is -2.28. The summed E-state index contributed by atoms with van der Waals surface area (Å²) in [6.45, 7) is 3.22. The summed E-state index contributed by atoms with van der Waals surface area (Å²) in [6.07, 6.45) is 14.6. The molecule has 0 aromatic heterocycles. The molecule has 0 amide bonds. The highest BCUT2D eigenvalue weighted by Crippen LogP contribution is 2.36. The van der Waals surface area contributed by atoms with Crippen LogP contribution in [-0.4, -0.2) is 49.3 Å². The zero-order valence-electron chi connectivity index (χ0n) is 15.5. The molecule has 2 aliphatic rings. The third-order valence-electron chi connectivity index (χ3n) is 6.12. The summed E-state index contributed by atoms with van der Waals surface area (Å²) in [4.78, 5) is 14.1. The van der Waals surface area contributed by atoms with E-state index in [2.05, 4.69) is 4.90 Å². The lowest BCUT2D eigenvalue weighted by atomic mass is 9.78. The second-order valence-corrected chi connectivity index (χ2v) is 7.88. The van der Waals surface area contributed by atoms with Gasteiger partial charge in [-0.3, -0.25) is 9.69 Å². The Hall–Kier alpha value is -0.610. The molecule has 0 spiro atoms. The highest BCUT2D eigenvalue weighted by molar-refractivity contribution is 5.71. The number of rotatable bonds is 5. The monoisotopic (exact) mass is 339 g/mol. The van der Waals surface area contributed by atoms with Crippen LogP contribution in [0.5, 0.6) is 0 Å². The molecule has 2 rings (SSSR count). The van der Waals surface area contributed by atoms with Gasteiger partial charge in [-0.15, -0.1) is 0 Å². The predicted octanol–water partition coefficient (Wildman–Crippen LogP) is 4.19. The minimum Gasteiger partial charge on any atom is -0.481 e. The van der Waals surface area contributed by atoms with Crippen LogP contribution in [-0.2, 0) is 9.53 Å². The van der Waals surface area contributed by atoms with Gasteiger partial charge >= 0.3 is 5.97 Å². The van der Waals surface area contributed by atoms with E-state index in [1.165, 1.54) is 70.6 Å².